The molecule has 2 aromatic carbocycles. The number of unbranched alkanes of at least 4 members (excludes halogenated alkanes) is 1. The summed E-state index contributed by atoms with van der Waals surface area (Å²) >= 11 is 0. The van der Waals surface area contributed by atoms with Crippen LogP contribution in [0.2, 0.25) is 0 Å². The van der Waals surface area contributed by atoms with E-state index < -0.39 is 23.4 Å². The number of hydrogen-bond acceptors (Lipinski definition) is 6. The number of aryl methyl sites for hydroxylation is 1. The molecular formula is C20H23N3O5. The average Bonchev–Trinajstić information content (AvgIpc) is 2.68. The lowest BCUT2D eigenvalue weighted by atomic mass is 10.1. The Morgan fingerprint density at radius 1 is 1.14 bits per heavy atom. The maximum Gasteiger partial charge on any atom is 0.340 e. The van der Waals surface area contributed by atoms with Crippen LogP contribution in [0.1, 0.15) is 35.7 Å². The molecule has 0 radical (unpaired) electrons. The maximum atomic E-state index is 12.3. The first-order valence-corrected chi connectivity index (χ1v) is 8.98. The van der Waals surface area contributed by atoms with Crippen molar-refractivity contribution in [1.82, 2.24) is 0 Å². The van der Waals surface area contributed by atoms with Crippen LogP contribution in [-0.2, 0) is 9.53 Å². The second kappa shape index (κ2) is 10.1. The van der Waals surface area contributed by atoms with Crippen LogP contribution in [0.5, 0.6) is 0 Å². The zero-order chi connectivity index (χ0) is 20.5. The van der Waals surface area contributed by atoms with E-state index in [0.29, 0.717) is 16.8 Å². The molecule has 2 N–H and O–H groups in total. The fourth-order valence-corrected chi connectivity index (χ4v) is 2.57. The minimum absolute atomic E-state index is 0.0928. The number of esters is 1. The van der Waals surface area contributed by atoms with Gasteiger partial charge in [-0.3, -0.25) is 14.9 Å². The third-order valence-electron chi connectivity index (χ3n) is 4.04. The fourth-order valence-electron chi connectivity index (χ4n) is 2.57. The largest absolute Gasteiger partial charge is 0.452 e. The first-order valence-electron chi connectivity index (χ1n) is 8.98. The van der Waals surface area contributed by atoms with Gasteiger partial charge in [0.05, 0.1) is 10.5 Å². The number of rotatable bonds is 9. The Hall–Kier alpha value is -3.42. The van der Waals surface area contributed by atoms with Gasteiger partial charge in [-0.2, -0.15) is 0 Å². The molecule has 0 unspecified atom stereocenters. The molecule has 0 aliphatic carbocycles. The molecule has 28 heavy (non-hydrogen) atoms. The van der Waals surface area contributed by atoms with E-state index in [1.54, 1.807) is 37.3 Å². The van der Waals surface area contributed by atoms with Crippen molar-refractivity contribution < 1.29 is 19.2 Å². The third kappa shape index (κ3) is 5.54. The molecule has 2 rings (SSSR count). The van der Waals surface area contributed by atoms with Gasteiger partial charge in [-0.05, 0) is 31.0 Å². The van der Waals surface area contributed by atoms with Gasteiger partial charge < -0.3 is 15.4 Å². The van der Waals surface area contributed by atoms with Crippen LogP contribution in [-0.4, -0.2) is 30.0 Å². The molecule has 0 aliphatic rings. The number of nitrogens with zero attached hydrogens (tertiary/aromatic N) is 1. The van der Waals surface area contributed by atoms with E-state index in [1.165, 1.54) is 12.1 Å². The smallest absolute Gasteiger partial charge is 0.340 e. The topological polar surface area (TPSA) is 111 Å². The molecule has 2 aromatic rings. The lowest BCUT2D eigenvalue weighted by molar-refractivity contribution is -0.384. The minimum atomic E-state index is -0.651. The minimum Gasteiger partial charge on any atom is -0.452 e. The molecule has 0 aromatic heterocycles. The predicted octanol–water partition coefficient (Wildman–Crippen LogP) is 3.91. The lowest BCUT2D eigenvalue weighted by Gasteiger charge is -2.12. The van der Waals surface area contributed by atoms with Crippen LogP contribution >= 0.6 is 0 Å². The number of nitro benzene ring substituents is 1. The van der Waals surface area contributed by atoms with Crippen molar-refractivity contribution in [2.75, 3.05) is 23.8 Å². The molecular weight excluding hydrogens is 362 g/mol. The monoisotopic (exact) mass is 385 g/mol. The van der Waals surface area contributed by atoms with Gasteiger partial charge in [0.15, 0.2) is 6.61 Å². The number of amides is 1. The normalized spacial score (nSPS) is 10.2. The highest BCUT2D eigenvalue weighted by Crippen LogP contribution is 2.27. The summed E-state index contributed by atoms with van der Waals surface area (Å²) in [4.78, 5) is 35.0. The Kier molecular flexibility index (Phi) is 7.50. The lowest BCUT2D eigenvalue weighted by Crippen LogP contribution is -2.22. The number of para-hydroxylation sites is 2. The number of nitro groups is 1. The zero-order valence-corrected chi connectivity index (χ0v) is 15.9. The number of anilines is 2. The molecule has 0 saturated heterocycles. The van der Waals surface area contributed by atoms with E-state index in [0.717, 1.165) is 19.4 Å². The highest BCUT2D eigenvalue weighted by molar-refractivity contribution is 5.99. The summed E-state index contributed by atoms with van der Waals surface area (Å²) in [6, 6.07) is 11.4. The first-order chi connectivity index (χ1) is 13.4. The highest BCUT2D eigenvalue weighted by atomic mass is 16.6. The van der Waals surface area contributed by atoms with Crippen LogP contribution in [0.3, 0.4) is 0 Å². The quantitative estimate of drug-likeness (QED) is 0.293. The molecule has 0 aliphatic heterocycles. The Bertz CT molecular complexity index is 867. The summed E-state index contributed by atoms with van der Waals surface area (Å²) in [5.41, 5.74) is 1.38. The SMILES string of the molecule is CCCCNc1ccccc1C(=O)OCC(=O)Nc1c(C)cccc1[N+](=O)[O-]. The summed E-state index contributed by atoms with van der Waals surface area (Å²) in [5.74, 6) is -1.30. The second-order valence-electron chi connectivity index (χ2n) is 6.18. The van der Waals surface area contributed by atoms with Gasteiger partial charge in [-0.15, -0.1) is 0 Å². The number of benzene rings is 2. The van der Waals surface area contributed by atoms with E-state index in [-0.39, 0.29) is 11.4 Å². The second-order valence-corrected chi connectivity index (χ2v) is 6.18. The van der Waals surface area contributed by atoms with Crippen LogP contribution in [0, 0.1) is 17.0 Å². The third-order valence-corrected chi connectivity index (χ3v) is 4.04. The van der Waals surface area contributed by atoms with E-state index in [4.69, 9.17) is 4.74 Å². The Labute approximate surface area is 163 Å². The van der Waals surface area contributed by atoms with Gasteiger partial charge in [0.25, 0.3) is 11.6 Å². The highest BCUT2D eigenvalue weighted by Gasteiger charge is 2.19. The summed E-state index contributed by atoms with van der Waals surface area (Å²) in [5, 5.41) is 16.7. The summed E-state index contributed by atoms with van der Waals surface area (Å²) in [6.45, 7) is 3.89. The van der Waals surface area contributed by atoms with E-state index in [9.17, 15) is 19.7 Å². The van der Waals surface area contributed by atoms with Gasteiger partial charge in [-0.25, -0.2) is 4.79 Å². The Morgan fingerprint density at radius 3 is 2.61 bits per heavy atom. The molecule has 0 atom stereocenters. The zero-order valence-electron chi connectivity index (χ0n) is 15.9. The average molecular weight is 385 g/mol. The van der Waals surface area contributed by atoms with E-state index >= 15 is 0 Å². The van der Waals surface area contributed by atoms with Gasteiger partial charge in [-0.1, -0.05) is 37.6 Å². The van der Waals surface area contributed by atoms with Crippen molar-refractivity contribution in [3.05, 3.63) is 63.7 Å². The summed E-state index contributed by atoms with van der Waals surface area (Å²) < 4.78 is 5.09. The van der Waals surface area contributed by atoms with Gasteiger partial charge in [0.2, 0.25) is 0 Å². The Morgan fingerprint density at radius 2 is 1.89 bits per heavy atom. The molecule has 1 amide bonds. The predicted molar refractivity (Wildman–Crippen MR) is 107 cm³/mol. The van der Waals surface area contributed by atoms with Crippen LogP contribution in [0.15, 0.2) is 42.5 Å². The van der Waals surface area contributed by atoms with Gasteiger partial charge in [0.1, 0.15) is 5.69 Å². The van der Waals surface area contributed by atoms with Gasteiger partial charge >= 0.3 is 5.97 Å². The number of hydrogen-bond donors (Lipinski definition) is 2. The van der Waals surface area contributed by atoms with Crippen molar-refractivity contribution in [3.8, 4) is 0 Å². The fraction of sp³-hybridized carbons (Fsp3) is 0.300. The number of carbonyl (C=O) groups excluding carboxylic acids is 2. The first kappa shape index (κ1) is 20.9. The van der Waals surface area contributed by atoms with Crippen LogP contribution in [0.25, 0.3) is 0 Å². The molecule has 0 heterocycles. The van der Waals surface area contributed by atoms with Crippen molar-refractivity contribution in [3.63, 3.8) is 0 Å². The van der Waals surface area contributed by atoms with Gasteiger partial charge in [0, 0.05) is 18.3 Å². The van der Waals surface area contributed by atoms with E-state index in [2.05, 4.69) is 17.6 Å². The number of carbonyl (C=O) groups is 2. The molecule has 148 valence electrons. The molecule has 0 fully saturated rings. The molecule has 0 saturated carbocycles. The van der Waals surface area contributed by atoms with Crippen molar-refractivity contribution in [2.24, 2.45) is 0 Å². The van der Waals surface area contributed by atoms with Crippen LogP contribution in [0.4, 0.5) is 17.1 Å². The standard InChI is InChI=1S/C20H23N3O5/c1-3-4-12-21-16-10-6-5-9-15(16)20(25)28-13-18(24)22-19-14(2)8-7-11-17(19)23(26)27/h5-11,21H,3-4,12-13H2,1-2H3,(H,22,24). The van der Waals surface area contributed by atoms with Crippen molar-refractivity contribution in [2.45, 2.75) is 26.7 Å². The van der Waals surface area contributed by atoms with E-state index in [1.807, 2.05) is 0 Å². The number of ether oxygens (including phenoxy) is 1. The molecule has 8 nitrogen and oxygen atoms in total. The molecule has 0 bridgehead atoms. The molecule has 8 heteroatoms. The summed E-state index contributed by atoms with van der Waals surface area (Å²) in [7, 11) is 0. The van der Waals surface area contributed by atoms with Crippen molar-refractivity contribution >= 4 is 28.9 Å². The maximum absolute atomic E-state index is 12.3. The summed E-state index contributed by atoms with van der Waals surface area (Å²) in [6.07, 6.45) is 1.98. The number of nitrogens with one attached hydrogen (secondary N) is 2. The van der Waals surface area contributed by atoms with Crippen LogP contribution < -0.4 is 10.6 Å². The van der Waals surface area contributed by atoms with Crippen molar-refractivity contribution in [1.29, 1.82) is 0 Å². The Balaban J connectivity index is 2.01. The molecule has 0 spiro atoms.